The number of hydrogen-bond donors (Lipinski definition) is 0. The van der Waals surface area contributed by atoms with Gasteiger partial charge in [0.05, 0.1) is 17.7 Å². The summed E-state index contributed by atoms with van der Waals surface area (Å²) in [6.45, 7) is 8.66. The van der Waals surface area contributed by atoms with Crippen LogP contribution in [0.3, 0.4) is 0 Å². The van der Waals surface area contributed by atoms with Gasteiger partial charge in [-0.05, 0) is 38.7 Å². The lowest BCUT2D eigenvalue weighted by Gasteiger charge is -2.32. The molecule has 0 amide bonds. The molecule has 0 atom stereocenters. The fourth-order valence-corrected chi connectivity index (χ4v) is 2.69. The molecular formula is C17H23BN2O3. The normalized spacial score (nSPS) is 19.3. The van der Waals surface area contributed by atoms with E-state index < -0.39 is 7.12 Å². The van der Waals surface area contributed by atoms with Crippen molar-refractivity contribution in [2.45, 2.75) is 45.4 Å². The molecule has 23 heavy (non-hydrogen) atoms. The maximum Gasteiger partial charge on any atom is 0.495 e. The summed E-state index contributed by atoms with van der Waals surface area (Å²) in [6, 6.07) is 7.96. The van der Waals surface area contributed by atoms with Gasteiger partial charge in [-0.1, -0.05) is 24.3 Å². The van der Waals surface area contributed by atoms with Crippen LogP contribution >= 0.6 is 0 Å². The summed E-state index contributed by atoms with van der Waals surface area (Å²) >= 11 is 0. The molecule has 5 nitrogen and oxygen atoms in total. The van der Waals surface area contributed by atoms with Crippen LogP contribution in [0.15, 0.2) is 41.5 Å². The minimum Gasteiger partial charge on any atom is -0.399 e. The highest BCUT2D eigenvalue weighted by atomic mass is 16.7. The van der Waals surface area contributed by atoms with E-state index in [-0.39, 0.29) is 16.9 Å². The summed E-state index contributed by atoms with van der Waals surface area (Å²) in [7, 11) is 1.33. The van der Waals surface area contributed by atoms with Crippen molar-refractivity contribution >= 4 is 12.6 Å². The Morgan fingerprint density at radius 1 is 1.04 bits per heavy atom. The van der Waals surface area contributed by atoms with Gasteiger partial charge in [0.15, 0.2) is 0 Å². The molecule has 0 spiro atoms. The van der Waals surface area contributed by atoms with Crippen molar-refractivity contribution in [1.29, 1.82) is 0 Å². The molecule has 1 aromatic carbocycles. The van der Waals surface area contributed by atoms with Gasteiger partial charge < -0.3 is 13.9 Å². The third-order valence-corrected chi connectivity index (χ3v) is 4.92. The molecule has 0 aliphatic carbocycles. The van der Waals surface area contributed by atoms with Crippen LogP contribution in [0.2, 0.25) is 0 Å². The summed E-state index contributed by atoms with van der Waals surface area (Å²) < 4.78 is 15.5. The number of rotatable bonds is 3. The molecule has 2 heterocycles. The third-order valence-electron chi connectivity index (χ3n) is 4.92. The molecule has 6 heteroatoms. The highest BCUT2D eigenvalue weighted by Crippen LogP contribution is 2.36. The highest BCUT2D eigenvalue weighted by Gasteiger charge is 2.52. The predicted molar refractivity (Wildman–Crippen MR) is 90.9 cm³/mol. The zero-order chi connectivity index (χ0) is 16.8. The molecule has 1 aromatic heterocycles. The van der Waals surface area contributed by atoms with Gasteiger partial charge in [0, 0.05) is 19.4 Å². The largest absolute Gasteiger partial charge is 0.495 e. The molecule has 0 radical (unpaired) electrons. The molecule has 1 saturated heterocycles. The SMILES string of the molecule is Cn1ccn(Cc2ccccc2B2OC(C)(C)C(C)(C)O2)c1=O. The maximum absolute atomic E-state index is 12.1. The van der Waals surface area contributed by atoms with Crippen molar-refractivity contribution in [3.8, 4) is 0 Å². The van der Waals surface area contributed by atoms with Gasteiger partial charge >= 0.3 is 12.8 Å². The molecule has 122 valence electrons. The second-order valence-corrected chi connectivity index (χ2v) is 7.11. The summed E-state index contributed by atoms with van der Waals surface area (Å²) in [5.41, 5.74) is 1.21. The Morgan fingerprint density at radius 3 is 2.22 bits per heavy atom. The first-order valence-electron chi connectivity index (χ1n) is 7.86. The molecule has 1 aliphatic heterocycles. The topological polar surface area (TPSA) is 45.4 Å². The lowest BCUT2D eigenvalue weighted by Crippen LogP contribution is -2.41. The summed E-state index contributed by atoms with van der Waals surface area (Å²) in [6.07, 6.45) is 3.56. The summed E-state index contributed by atoms with van der Waals surface area (Å²) in [5, 5.41) is 0. The van der Waals surface area contributed by atoms with Gasteiger partial charge in [0.25, 0.3) is 0 Å². The van der Waals surface area contributed by atoms with E-state index in [0.717, 1.165) is 11.0 Å². The smallest absolute Gasteiger partial charge is 0.399 e. The second-order valence-electron chi connectivity index (χ2n) is 7.11. The first-order valence-corrected chi connectivity index (χ1v) is 7.86. The van der Waals surface area contributed by atoms with Gasteiger partial charge in [-0.2, -0.15) is 0 Å². The van der Waals surface area contributed by atoms with Crippen LogP contribution in [0.25, 0.3) is 0 Å². The third kappa shape index (κ3) is 2.77. The fraction of sp³-hybridized carbons (Fsp3) is 0.471. The van der Waals surface area contributed by atoms with Crippen molar-refractivity contribution in [3.63, 3.8) is 0 Å². The van der Waals surface area contributed by atoms with E-state index in [2.05, 4.69) is 0 Å². The Labute approximate surface area is 137 Å². The van der Waals surface area contributed by atoms with Crippen LogP contribution in [0.5, 0.6) is 0 Å². The molecule has 3 rings (SSSR count). The molecule has 1 aliphatic rings. The van der Waals surface area contributed by atoms with Crippen molar-refractivity contribution in [2.24, 2.45) is 7.05 Å². The Morgan fingerprint density at radius 2 is 1.65 bits per heavy atom. The Hall–Kier alpha value is -1.79. The van der Waals surface area contributed by atoms with E-state index in [1.807, 2.05) is 52.0 Å². The quantitative estimate of drug-likeness (QED) is 0.807. The zero-order valence-corrected chi connectivity index (χ0v) is 14.4. The van der Waals surface area contributed by atoms with E-state index in [1.54, 1.807) is 28.6 Å². The van der Waals surface area contributed by atoms with E-state index in [9.17, 15) is 4.79 Å². The number of imidazole rings is 1. The molecule has 0 N–H and O–H groups in total. The number of hydrogen-bond acceptors (Lipinski definition) is 3. The van der Waals surface area contributed by atoms with Crippen LogP contribution in [-0.4, -0.2) is 27.5 Å². The Kier molecular flexibility index (Phi) is 3.77. The average Bonchev–Trinajstić information content (AvgIpc) is 2.89. The minimum absolute atomic E-state index is 0.0336. The van der Waals surface area contributed by atoms with Crippen LogP contribution in [0, 0.1) is 0 Å². The zero-order valence-electron chi connectivity index (χ0n) is 14.4. The van der Waals surface area contributed by atoms with E-state index in [0.29, 0.717) is 6.54 Å². The van der Waals surface area contributed by atoms with Gasteiger partial charge in [-0.3, -0.25) is 4.57 Å². The van der Waals surface area contributed by atoms with Crippen LogP contribution in [0.4, 0.5) is 0 Å². The van der Waals surface area contributed by atoms with Gasteiger partial charge in [-0.25, -0.2) is 4.79 Å². The van der Waals surface area contributed by atoms with Gasteiger partial charge in [0.1, 0.15) is 0 Å². The van der Waals surface area contributed by atoms with Crippen LogP contribution in [0.1, 0.15) is 33.3 Å². The molecule has 1 fully saturated rings. The van der Waals surface area contributed by atoms with E-state index >= 15 is 0 Å². The minimum atomic E-state index is -0.421. The first-order chi connectivity index (χ1) is 10.7. The number of benzene rings is 1. The number of aryl methyl sites for hydroxylation is 1. The summed E-state index contributed by atoms with van der Waals surface area (Å²) in [4.78, 5) is 12.1. The molecule has 0 saturated carbocycles. The predicted octanol–water partition coefficient (Wildman–Crippen LogP) is 1.53. The molecular weight excluding hydrogens is 291 g/mol. The van der Waals surface area contributed by atoms with Crippen molar-refractivity contribution in [3.05, 3.63) is 52.7 Å². The Balaban J connectivity index is 1.93. The van der Waals surface area contributed by atoms with Crippen molar-refractivity contribution in [2.75, 3.05) is 0 Å². The van der Waals surface area contributed by atoms with Crippen molar-refractivity contribution < 1.29 is 9.31 Å². The Bertz CT molecular complexity index is 760. The lowest BCUT2D eigenvalue weighted by atomic mass is 9.76. The number of nitrogens with zero attached hydrogens (tertiary/aromatic N) is 2. The lowest BCUT2D eigenvalue weighted by molar-refractivity contribution is 0.00578. The average molecular weight is 314 g/mol. The molecule has 0 unspecified atom stereocenters. The van der Waals surface area contributed by atoms with Crippen LogP contribution in [-0.2, 0) is 22.9 Å². The second kappa shape index (κ2) is 5.39. The maximum atomic E-state index is 12.1. The number of aromatic nitrogens is 2. The summed E-state index contributed by atoms with van der Waals surface area (Å²) in [5.74, 6) is 0. The van der Waals surface area contributed by atoms with Gasteiger partial charge in [-0.15, -0.1) is 0 Å². The van der Waals surface area contributed by atoms with Crippen LogP contribution < -0.4 is 11.2 Å². The van der Waals surface area contributed by atoms with Gasteiger partial charge in [0.2, 0.25) is 0 Å². The monoisotopic (exact) mass is 314 g/mol. The standard InChI is InChI=1S/C17H23BN2O3/c1-16(2)17(3,4)23-18(22-16)14-9-7-6-8-13(14)12-20-11-10-19(5)15(20)21/h6-11H,12H2,1-5H3. The first kappa shape index (κ1) is 16.1. The molecule has 0 bridgehead atoms. The molecule has 2 aromatic rings. The van der Waals surface area contributed by atoms with E-state index in [4.69, 9.17) is 9.31 Å². The van der Waals surface area contributed by atoms with Crippen molar-refractivity contribution in [1.82, 2.24) is 9.13 Å². The van der Waals surface area contributed by atoms with E-state index in [1.165, 1.54) is 0 Å². The fourth-order valence-electron chi connectivity index (χ4n) is 2.69. The highest BCUT2D eigenvalue weighted by molar-refractivity contribution is 6.62.